The van der Waals surface area contributed by atoms with Gasteiger partial charge in [0, 0.05) is 17.2 Å². The zero-order valence-electron chi connectivity index (χ0n) is 10.1. The third-order valence-corrected chi connectivity index (χ3v) is 3.14. The summed E-state index contributed by atoms with van der Waals surface area (Å²) in [6.45, 7) is 6.14. The molecule has 1 aromatic rings. The Balaban J connectivity index is 2.77. The maximum absolute atomic E-state index is 10.9. The number of aliphatic carboxylic acids is 1. The SMILES string of the molecule is CC(C)(C)c1csc(CC(NC=O)C(=O)O)n1. The van der Waals surface area contributed by atoms with Gasteiger partial charge in [0.1, 0.15) is 6.04 Å². The molecule has 2 N–H and O–H groups in total. The third kappa shape index (κ3) is 3.81. The number of thiazole rings is 1. The van der Waals surface area contributed by atoms with E-state index in [0.29, 0.717) is 6.41 Å². The fourth-order valence-corrected chi connectivity index (χ4v) is 2.29. The van der Waals surface area contributed by atoms with Crippen molar-refractivity contribution in [1.29, 1.82) is 0 Å². The van der Waals surface area contributed by atoms with Crippen molar-refractivity contribution in [3.05, 3.63) is 16.1 Å². The molecule has 0 saturated carbocycles. The van der Waals surface area contributed by atoms with E-state index in [9.17, 15) is 9.59 Å². The average molecular weight is 256 g/mol. The predicted octanol–water partition coefficient (Wildman–Crippen LogP) is 1.18. The number of nitrogens with one attached hydrogen (secondary N) is 1. The molecule has 1 heterocycles. The highest BCUT2D eigenvalue weighted by Gasteiger charge is 2.21. The van der Waals surface area contributed by atoms with Gasteiger partial charge in [0.05, 0.1) is 10.7 Å². The van der Waals surface area contributed by atoms with Crippen LogP contribution < -0.4 is 5.32 Å². The zero-order valence-corrected chi connectivity index (χ0v) is 10.9. The highest BCUT2D eigenvalue weighted by molar-refractivity contribution is 7.09. The molecule has 0 spiro atoms. The molecular formula is C11H16N2O3S. The van der Waals surface area contributed by atoms with E-state index in [2.05, 4.69) is 10.3 Å². The number of carboxylic acid groups (broad SMARTS) is 1. The van der Waals surface area contributed by atoms with E-state index in [1.807, 2.05) is 26.2 Å². The van der Waals surface area contributed by atoms with Crippen molar-refractivity contribution >= 4 is 23.7 Å². The lowest BCUT2D eigenvalue weighted by Crippen LogP contribution is -2.37. The molecule has 0 fully saturated rings. The average Bonchev–Trinajstić information content (AvgIpc) is 2.64. The van der Waals surface area contributed by atoms with Crippen molar-refractivity contribution < 1.29 is 14.7 Å². The second-order valence-corrected chi connectivity index (χ2v) is 5.70. The molecule has 1 amide bonds. The molecule has 0 aromatic carbocycles. The Morgan fingerprint density at radius 2 is 2.29 bits per heavy atom. The first kappa shape index (κ1) is 13.6. The van der Waals surface area contributed by atoms with Gasteiger partial charge in [-0.05, 0) is 0 Å². The van der Waals surface area contributed by atoms with Gasteiger partial charge in [0.15, 0.2) is 0 Å². The Kier molecular flexibility index (Phi) is 4.22. The predicted molar refractivity (Wildman–Crippen MR) is 65.1 cm³/mol. The quantitative estimate of drug-likeness (QED) is 0.775. The van der Waals surface area contributed by atoms with E-state index >= 15 is 0 Å². The second kappa shape index (κ2) is 5.27. The number of carboxylic acids is 1. The molecule has 1 unspecified atom stereocenters. The molecule has 0 aliphatic heterocycles. The molecule has 0 bridgehead atoms. The first-order chi connectivity index (χ1) is 7.84. The van der Waals surface area contributed by atoms with Crippen molar-refractivity contribution in [3.8, 4) is 0 Å². The molecule has 0 saturated heterocycles. The van der Waals surface area contributed by atoms with E-state index in [1.54, 1.807) is 0 Å². The molecule has 1 rings (SSSR count). The lowest BCUT2D eigenvalue weighted by Gasteiger charge is -2.14. The highest BCUT2D eigenvalue weighted by Crippen LogP contribution is 2.24. The van der Waals surface area contributed by atoms with Crippen LogP contribution in [0.4, 0.5) is 0 Å². The van der Waals surface area contributed by atoms with Gasteiger partial charge in [0.2, 0.25) is 6.41 Å². The molecule has 6 heteroatoms. The lowest BCUT2D eigenvalue weighted by atomic mass is 9.93. The Morgan fingerprint density at radius 3 is 2.71 bits per heavy atom. The van der Waals surface area contributed by atoms with Crippen LogP contribution in [0.15, 0.2) is 5.38 Å². The van der Waals surface area contributed by atoms with Gasteiger partial charge in [-0.3, -0.25) is 4.79 Å². The minimum Gasteiger partial charge on any atom is -0.480 e. The summed E-state index contributed by atoms with van der Waals surface area (Å²) in [5.41, 5.74) is 0.888. The van der Waals surface area contributed by atoms with Crippen LogP contribution in [0.3, 0.4) is 0 Å². The van der Waals surface area contributed by atoms with Crippen LogP contribution >= 0.6 is 11.3 Å². The minimum absolute atomic E-state index is 0.0500. The number of aromatic nitrogens is 1. The molecule has 17 heavy (non-hydrogen) atoms. The van der Waals surface area contributed by atoms with Crippen LogP contribution in [-0.2, 0) is 21.4 Å². The van der Waals surface area contributed by atoms with Crippen molar-refractivity contribution in [3.63, 3.8) is 0 Å². The Labute approximate surface area is 104 Å². The topological polar surface area (TPSA) is 79.3 Å². The number of nitrogens with zero attached hydrogens (tertiary/aromatic N) is 1. The van der Waals surface area contributed by atoms with Crippen molar-refractivity contribution in [2.24, 2.45) is 0 Å². The fraction of sp³-hybridized carbons (Fsp3) is 0.545. The number of carbonyl (C=O) groups excluding carboxylic acids is 1. The van der Waals surface area contributed by atoms with E-state index < -0.39 is 12.0 Å². The second-order valence-electron chi connectivity index (χ2n) is 4.76. The molecule has 5 nitrogen and oxygen atoms in total. The zero-order chi connectivity index (χ0) is 13.1. The number of hydrogen-bond donors (Lipinski definition) is 2. The highest BCUT2D eigenvalue weighted by atomic mass is 32.1. The summed E-state index contributed by atoms with van der Waals surface area (Å²) in [6.07, 6.45) is 0.617. The number of carbonyl (C=O) groups is 2. The van der Waals surface area contributed by atoms with Crippen LogP contribution in [0.5, 0.6) is 0 Å². The van der Waals surface area contributed by atoms with Crippen LogP contribution in [0.25, 0.3) is 0 Å². The van der Waals surface area contributed by atoms with Crippen molar-refractivity contribution in [1.82, 2.24) is 10.3 Å². The van der Waals surface area contributed by atoms with Crippen molar-refractivity contribution in [2.45, 2.75) is 38.6 Å². The number of hydrogen-bond acceptors (Lipinski definition) is 4. The van der Waals surface area contributed by atoms with Gasteiger partial charge in [-0.2, -0.15) is 0 Å². The van der Waals surface area contributed by atoms with Crippen LogP contribution in [0.2, 0.25) is 0 Å². The van der Waals surface area contributed by atoms with Gasteiger partial charge in [0.25, 0.3) is 0 Å². The smallest absolute Gasteiger partial charge is 0.326 e. The van der Waals surface area contributed by atoms with E-state index in [4.69, 9.17) is 5.11 Å². The maximum Gasteiger partial charge on any atom is 0.326 e. The molecule has 94 valence electrons. The Bertz CT molecular complexity index is 409. The summed E-state index contributed by atoms with van der Waals surface area (Å²) in [6, 6.07) is -0.911. The summed E-state index contributed by atoms with van der Waals surface area (Å²) in [4.78, 5) is 25.5. The van der Waals surface area contributed by atoms with Gasteiger partial charge in [-0.15, -0.1) is 11.3 Å². The maximum atomic E-state index is 10.9. The molecular weight excluding hydrogens is 240 g/mol. The Hall–Kier alpha value is -1.43. The largest absolute Gasteiger partial charge is 0.480 e. The molecule has 1 atom stereocenters. The minimum atomic E-state index is -1.05. The van der Waals surface area contributed by atoms with E-state index in [-0.39, 0.29) is 11.8 Å². The van der Waals surface area contributed by atoms with Gasteiger partial charge in [-0.25, -0.2) is 9.78 Å². The third-order valence-electron chi connectivity index (χ3n) is 2.27. The first-order valence-electron chi connectivity index (χ1n) is 5.22. The van der Waals surface area contributed by atoms with Gasteiger partial charge < -0.3 is 10.4 Å². The monoisotopic (exact) mass is 256 g/mol. The summed E-state index contributed by atoms with van der Waals surface area (Å²) in [5.74, 6) is -1.05. The summed E-state index contributed by atoms with van der Waals surface area (Å²) < 4.78 is 0. The molecule has 0 aliphatic carbocycles. The van der Waals surface area contributed by atoms with E-state index in [0.717, 1.165) is 10.7 Å². The van der Waals surface area contributed by atoms with Gasteiger partial charge in [-0.1, -0.05) is 20.8 Å². The molecule has 1 aromatic heterocycles. The van der Waals surface area contributed by atoms with E-state index in [1.165, 1.54) is 11.3 Å². The molecule has 0 radical (unpaired) electrons. The normalized spacial score (nSPS) is 13.1. The van der Waals surface area contributed by atoms with Crippen molar-refractivity contribution in [2.75, 3.05) is 0 Å². The first-order valence-corrected chi connectivity index (χ1v) is 6.10. The van der Waals surface area contributed by atoms with Gasteiger partial charge >= 0.3 is 5.97 Å². The number of rotatable bonds is 5. The fourth-order valence-electron chi connectivity index (χ4n) is 1.22. The molecule has 0 aliphatic rings. The standard InChI is InChI=1S/C11H16N2O3S/c1-11(2,3)8-5-17-9(13-8)4-7(10(15)16)12-6-14/h5-7H,4H2,1-3H3,(H,12,14)(H,15,16). The van der Waals surface area contributed by atoms with Crippen LogP contribution in [0, 0.1) is 0 Å². The summed E-state index contributed by atoms with van der Waals surface area (Å²) >= 11 is 1.42. The lowest BCUT2D eigenvalue weighted by molar-refractivity contribution is -0.140. The summed E-state index contributed by atoms with van der Waals surface area (Å²) in [5, 5.41) is 13.8. The van der Waals surface area contributed by atoms with Crippen LogP contribution in [0.1, 0.15) is 31.5 Å². The van der Waals surface area contributed by atoms with Crippen LogP contribution in [-0.4, -0.2) is 28.5 Å². The Morgan fingerprint density at radius 1 is 1.65 bits per heavy atom. The number of amides is 1. The summed E-state index contributed by atoms with van der Waals surface area (Å²) in [7, 11) is 0.